The third kappa shape index (κ3) is 6.15. The maximum absolute atomic E-state index is 12.9. The van der Waals surface area contributed by atoms with E-state index >= 15 is 0 Å². The van der Waals surface area contributed by atoms with E-state index in [1.807, 2.05) is 48.5 Å². The molecule has 1 aliphatic heterocycles. The van der Waals surface area contributed by atoms with Gasteiger partial charge in [-0.05, 0) is 47.9 Å². The van der Waals surface area contributed by atoms with Crippen molar-refractivity contribution in [1.29, 1.82) is 0 Å². The average Bonchev–Trinajstić information content (AvgIpc) is 2.84. The number of hydrogen-bond donors (Lipinski definition) is 0. The number of benzene rings is 3. The Morgan fingerprint density at radius 3 is 2.31 bits per heavy atom. The predicted octanol–water partition coefficient (Wildman–Crippen LogP) is 6.20. The van der Waals surface area contributed by atoms with E-state index < -0.39 is 6.36 Å². The van der Waals surface area contributed by atoms with Gasteiger partial charge in [0.25, 0.3) is 0 Å². The minimum absolute atomic E-state index is 0.191. The highest BCUT2D eigenvalue weighted by molar-refractivity contribution is 5.89. The molecule has 0 aliphatic carbocycles. The summed E-state index contributed by atoms with van der Waals surface area (Å²) in [5, 5.41) is 0. The van der Waals surface area contributed by atoms with Crippen LogP contribution >= 0.6 is 0 Å². The largest absolute Gasteiger partial charge is 0.573 e. The Balaban J connectivity index is 1.61. The van der Waals surface area contributed by atoms with E-state index in [1.165, 1.54) is 30.3 Å². The number of nitrogens with zero attached hydrogens (tertiary/aromatic N) is 1. The van der Waals surface area contributed by atoms with Gasteiger partial charge in [0.05, 0.1) is 18.7 Å². The second kappa shape index (κ2) is 10.5. The highest BCUT2D eigenvalue weighted by Crippen LogP contribution is 2.41. The third-order valence-electron chi connectivity index (χ3n) is 5.61. The van der Waals surface area contributed by atoms with Gasteiger partial charge in [-0.25, -0.2) is 0 Å². The van der Waals surface area contributed by atoms with Crippen LogP contribution in [0.1, 0.15) is 29.2 Å². The molecule has 5 nitrogen and oxygen atoms in total. The molecule has 1 amide bonds. The fourth-order valence-electron chi connectivity index (χ4n) is 4.02. The van der Waals surface area contributed by atoms with E-state index in [0.29, 0.717) is 30.1 Å². The molecule has 0 bridgehead atoms. The van der Waals surface area contributed by atoms with Crippen LogP contribution in [-0.4, -0.2) is 24.3 Å². The van der Waals surface area contributed by atoms with Gasteiger partial charge < -0.3 is 19.1 Å². The molecule has 0 fully saturated rings. The molecule has 0 radical (unpaired) electrons. The van der Waals surface area contributed by atoms with Gasteiger partial charge in [0.1, 0.15) is 23.9 Å². The van der Waals surface area contributed by atoms with Crippen molar-refractivity contribution in [2.24, 2.45) is 0 Å². The molecule has 3 aromatic rings. The lowest BCUT2D eigenvalue weighted by atomic mass is 9.96. The smallest absolute Gasteiger partial charge is 0.496 e. The summed E-state index contributed by atoms with van der Waals surface area (Å²) < 4.78 is 53.2. The fraction of sp³-hybridized carbons (Fsp3) is 0.222. The lowest BCUT2D eigenvalue weighted by Gasteiger charge is -2.35. The van der Waals surface area contributed by atoms with Crippen molar-refractivity contribution in [2.75, 3.05) is 7.11 Å². The highest BCUT2D eigenvalue weighted by Gasteiger charge is 2.32. The Hall–Kier alpha value is -3.94. The first-order valence-electron chi connectivity index (χ1n) is 11.0. The summed E-state index contributed by atoms with van der Waals surface area (Å²) in [7, 11) is 1.56. The van der Waals surface area contributed by atoms with Gasteiger partial charge in [-0.3, -0.25) is 4.79 Å². The van der Waals surface area contributed by atoms with Crippen LogP contribution < -0.4 is 14.2 Å². The zero-order valence-electron chi connectivity index (χ0n) is 19.0. The standard InChI is InChI=1S/C27H24F3NO4/c1-33-23-10-6-11-24(34-18-20-7-3-2-4-8-20)26(23)22-9-5-12-25(32)31(22)17-19-13-15-21(16-14-19)35-27(28,29)30/h2-8,10-16,22H,9,17-18H2,1H3. The number of rotatable bonds is 8. The van der Waals surface area contributed by atoms with Crippen LogP contribution in [0.5, 0.6) is 17.2 Å². The number of hydrogen-bond acceptors (Lipinski definition) is 4. The summed E-state index contributed by atoms with van der Waals surface area (Å²) in [5.74, 6) is 0.656. The molecule has 1 aliphatic rings. The molecule has 1 atom stereocenters. The molecule has 0 saturated heterocycles. The highest BCUT2D eigenvalue weighted by atomic mass is 19.4. The molecule has 4 rings (SSSR count). The van der Waals surface area contributed by atoms with Gasteiger partial charge in [0.15, 0.2) is 0 Å². The molecule has 35 heavy (non-hydrogen) atoms. The summed E-state index contributed by atoms with van der Waals surface area (Å²) >= 11 is 0. The van der Waals surface area contributed by atoms with E-state index in [9.17, 15) is 18.0 Å². The van der Waals surface area contributed by atoms with E-state index in [2.05, 4.69) is 4.74 Å². The van der Waals surface area contributed by atoms with Crippen molar-refractivity contribution in [1.82, 2.24) is 4.90 Å². The molecule has 1 unspecified atom stereocenters. The van der Waals surface area contributed by atoms with Crippen molar-refractivity contribution in [3.05, 3.63) is 102 Å². The lowest BCUT2D eigenvalue weighted by molar-refractivity contribution is -0.274. The molecular formula is C27H24F3NO4. The number of methoxy groups -OCH3 is 1. The number of halogens is 3. The monoisotopic (exact) mass is 483 g/mol. The zero-order chi connectivity index (χ0) is 24.8. The Bertz CT molecular complexity index is 1180. The van der Waals surface area contributed by atoms with Crippen molar-refractivity contribution < 1.29 is 32.2 Å². The molecule has 1 heterocycles. The Morgan fingerprint density at radius 1 is 0.914 bits per heavy atom. The van der Waals surface area contributed by atoms with Gasteiger partial charge in [-0.2, -0.15) is 0 Å². The van der Waals surface area contributed by atoms with Crippen molar-refractivity contribution in [3.8, 4) is 17.2 Å². The summed E-state index contributed by atoms with van der Waals surface area (Å²) in [4.78, 5) is 14.6. The van der Waals surface area contributed by atoms with Crippen molar-refractivity contribution in [2.45, 2.75) is 32.0 Å². The van der Waals surface area contributed by atoms with Crippen LogP contribution in [0.15, 0.2) is 84.9 Å². The number of amides is 1. The average molecular weight is 483 g/mol. The maximum atomic E-state index is 12.9. The van der Waals surface area contributed by atoms with E-state index in [-0.39, 0.29) is 24.2 Å². The summed E-state index contributed by atoms with van der Waals surface area (Å²) in [5.41, 5.74) is 2.40. The second-order valence-electron chi connectivity index (χ2n) is 7.96. The first-order chi connectivity index (χ1) is 16.8. The molecule has 8 heteroatoms. The summed E-state index contributed by atoms with van der Waals surface area (Å²) in [6.45, 7) is 0.536. The molecule has 0 N–H and O–H groups in total. The van der Waals surface area contributed by atoms with Gasteiger partial charge in [-0.15, -0.1) is 13.2 Å². The van der Waals surface area contributed by atoms with E-state index in [4.69, 9.17) is 9.47 Å². The number of ether oxygens (including phenoxy) is 3. The van der Waals surface area contributed by atoms with Crippen molar-refractivity contribution >= 4 is 5.91 Å². The molecule has 0 saturated carbocycles. The Morgan fingerprint density at radius 2 is 1.63 bits per heavy atom. The normalized spacial score (nSPS) is 15.7. The summed E-state index contributed by atoms with van der Waals surface area (Å²) in [6, 6.07) is 20.3. The van der Waals surface area contributed by atoms with Crippen LogP contribution in [0.25, 0.3) is 0 Å². The van der Waals surface area contributed by atoms with Gasteiger partial charge >= 0.3 is 6.36 Å². The third-order valence-corrected chi connectivity index (χ3v) is 5.61. The molecule has 3 aromatic carbocycles. The minimum Gasteiger partial charge on any atom is -0.496 e. The topological polar surface area (TPSA) is 48.0 Å². The first-order valence-corrected chi connectivity index (χ1v) is 11.0. The van der Waals surface area contributed by atoms with Crippen LogP contribution in [0.3, 0.4) is 0 Å². The minimum atomic E-state index is -4.76. The summed E-state index contributed by atoms with van der Waals surface area (Å²) in [6.07, 6.45) is -0.932. The van der Waals surface area contributed by atoms with Crippen LogP contribution in [0.2, 0.25) is 0 Å². The number of carbonyl (C=O) groups is 1. The molecule has 0 spiro atoms. The van der Waals surface area contributed by atoms with Crippen LogP contribution in [0.4, 0.5) is 13.2 Å². The van der Waals surface area contributed by atoms with E-state index in [1.54, 1.807) is 18.1 Å². The SMILES string of the molecule is COc1cccc(OCc2ccccc2)c1C1CC=CC(=O)N1Cc1ccc(OC(F)(F)F)cc1. The molecular weight excluding hydrogens is 459 g/mol. The van der Waals surface area contributed by atoms with Gasteiger partial charge in [-0.1, -0.05) is 54.6 Å². The van der Waals surface area contributed by atoms with Gasteiger partial charge in [0.2, 0.25) is 5.91 Å². The molecule has 182 valence electrons. The Labute approximate surface area is 201 Å². The Kier molecular flexibility index (Phi) is 7.29. The number of alkyl halides is 3. The maximum Gasteiger partial charge on any atom is 0.573 e. The quantitative estimate of drug-likeness (QED) is 0.383. The predicted molar refractivity (Wildman–Crippen MR) is 124 cm³/mol. The number of carbonyl (C=O) groups excluding carboxylic acids is 1. The van der Waals surface area contributed by atoms with E-state index in [0.717, 1.165) is 11.1 Å². The van der Waals surface area contributed by atoms with Crippen LogP contribution in [-0.2, 0) is 17.9 Å². The van der Waals surface area contributed by atoms with Gasteiger partial charge in [0, 0.05) is 6.54 Å². The lowest BCUT2D eigenvalue weighted by Crippen LogP contribution is -2.35. The second-order valence-corrected chi connectivity index (χ2v) is 7.96. The van der Waals surface area contributed by atoms with Crippen molar-refractivity contribution in [3.63, 3.8) is 0 Å². The fourth-order valence-corrected chi connectivity index (χ4v) is 4.02. The zero-order valence-corrected chi connectivity index (χ0v) is 19.0. The van der Waals surface area contributed by atoms with Crippen LogP contribution in [0, 0.1) is 0 Å². The first kappa shape index (κ1) is 24.2. The molecule has 0 aromatic heterocycles.